The lowest BCUT2D eigenvalue weighted by Crippen LogP contribution is -2.03. The number of aryl methyl sites for hydroxylation is 1. The highest BCUT2D eigenvalue weighted by Crippen LogP contribution is 2.32. The summed E-state index contributed by atoms with van der Waals surface area (Å²) in [7, 11) is 0. The Balaban J connectivity index is 1.72. The summed E-state index contributed by atoms with van der Waals surface area (Å²) >= 11 is 0. The molecule has 4 rings (SSSR count). The Morgan fingerprint density at radius 1 is 1.40 bits per heavy atom. The highest BCUT2D eigenvalue weighted by atomic mass is 16.6. The predicted molar refractivity (Wildman–Crippen MR) is 69.5 cm³/mol. The molecule has 20 heavy (non-hydrogen) atoms. The summed E-state index contributed by atoms with van der Waals surface area (Å²) in [5.41, 5.74) is 0.733. The van der Waals surface area contributed by atoms with E-state index in [9.17, 15) is 0 Å². The van der Waals surface area contributed by atoms with Crippen LogP contribution in [0.2, 0.25) is 0 Å². The molecule has 1 atom stereocenters. The highest BCUT2D eigenvalue weighted by molar-refractivity contribution is 5.87. The molecular weight excluding hydrogens is 260 g/mol. The van der Waals surface area contributed by atoms with Crippen LogP contribution in [-0.2, 0) is 4.74 Å². The third kappa shape index (κ3) is 2.04. The molecule has 1 fully saturated rings. The molecule has 6 nitrogen and oxygen atoms in total. The molecule has 1 aromatic carbocycles. The lowest BCUT2D eigenvalue weighted by molar-refractivity contribution is 0.265. The molecule has 1 aliphatic rings. The average molecular weight is 272 g/mol. The third-order valence-electron chi connectivity index (χ3n) is 3.10. The topological polar surface area (TPSA) is 73.8 Å². The van der Waals surface area contributed by atoms with Gasteiger partial charge >= 0.3 is 0 Å². The van der Waals surface area contributed by atoms with Gasteiger partial charge < -0.3 is 18.4 Å². The van der Waals surface area contributed by atoms with Gasteiger partial charge in [0.25, 0.3) is 0 Å². The molecular formula is C14H12N2O4. The molecule has 1 saturated heterocycles. The van der Waals surface area contributed by atoms with Crippen molar-refractivity contribution in [1.29, 1.82) is 0 Å². The summed E-state index contributed by atoms with van der Waals surface area (Å²) < 4.78 is 21.6. The maximum absolute atomic E-state index is 5.75. The number of nitrogens with zero attached hydrogens (tertiary/aromatic N) is 2. The van der Waals surface area contributed by atoms with Gasteiger partial charge in [0.05, 0.1) is 12.0 Å². The largest absolute Gasteiger partial charge is 0.490 e. The molecule has 3 heterocycles. The summed E-state index contributed by atoms with van der Waals surface area (Å²) in [6, 6.07) is 7.54. The molecule has 0 saturated carbocycles. The maximum atomic E-state index is 5.75. The Hall–Kier alpha value is -2.34. The van der Waals surface area contributed by atoms with Gasteiger partial charge in [-0.1, -0.05) is 11.2 Å². The number of epoxide rings is 1. The zero-order valence-electron chi connectivity index (χ0n) is 10.8. The first-order valence-electron chi connectivity index (χ1n) is 6.37. The highest BCUT2D eigenvalue weighted by Gasteiger charge is 2.23. The van der Waals surface area contributed by atoms with E-state index in [4.69, 9.17) is 18.4 Å². The van der Waals surface area contributed by atoms with Crippen LogP contribution in [0.4, 0.5) is 0 Å². The van der Waals surface area contributed by atoms with Gasteiger partial charge in [0.15, 0.2) is 5.76 Å². The van der Waals surface area contributed by atoms with Crippen molar-refractivity contribution < 1.29 is 18.4 Å². The minimum Gasteiger partial charge on any atom is -0.490 e. The second-order valence-electron chi connectivity index (χ2n) is 4.68. The van der Waals surface area contributed by atoms with Gasteiger partial charge in [-0.2, -0.15) is 4.98 Å². The first kappa shape index (κ1) is 11.5. The molecule has 3 aromatic rings. The minimum atomic E-state index is 0.219. The Kier molecular flexibility index (Phi) is 2.50. The molecule has 0 amide bonds. The van der Waals surface area contributed by atoms with Gasteiger partial charge in [0.2, 0.25) is 11.7 Å². The molecule has 1 aliphatic heterocycles. The van der Waals surface area contributed by atoms with Crippen LogP contribution >= 0.6 is 0 Å². The number of fused-ring (bicyclic) bond motifs is 1. The lowest BCUT2D eigenvalue weighted by Gasteiger charge is -2.04. The second-order valence-corrected chi connectivity index (χ2v) is 4.68. The van der Waals surface area contributed by atoms with Crippen molar-refractivity contribution >= 4 is 11.0 Å². The van der Waals surface area contributed by atoms with E-state index in [1.54, 1.807) is 6.92 Å². The quantitative estimate of drug-likeness (QED) is 0.679. The zero-order chi connectivity index (χ0) is 13.5. The number of furan rings is 1. The summed E-state index contributed by atoms with van der Waals surface area (Å²) in [5, 5.41) is 4.75. The van der Waals surface area contributed by atoms with Crippen molar-refractivity contribution in [2.24, 2.45) is 0 Å². The van der Waals surface area contributed by atoms with Crippen LogP contribution in [0.15, 0.2) is 33.2 Å². The third-order valence-corrected chi connectivity index (χ3v) is 3.10. The van der Waals surface area contributed by atoms with E-state index in [1.807, 2.05) is 24.3 Å². The minimum absolute atomic E-state index is 0.219. The number of ether oxygens (including phenoxy) is 2. The van der Waals surface area contributed by atoms with E-state index in [-0.39, 0.29) is 6.10 Å². The average Bonchev–Trinajstić information content (AvgIpc) is 3.00. The molecule has 102 valence electrons. The van der Waals surface area contributed by atoms with E-state index >= 15 is 0 Å². The van der Waals surface area contributed by atoms with Crippen LogP contribution in [0.5, 0.6) is 5.75 Å². The van der Waals surface area contributed by atoms with Crippen molar-refractivity contribution in [1.82, 2.24) is 10.1 Å². The van der Waals surface area contributed by atoms with Gasteiger partial charge in [-0.05, 0) is 18.2 Å². The number of rotatable bonds is 4. The van der Waals surface area contributed by atoms with Crippen molar-refractivity contribution in [3.05, 3.63) is 30.2 Å². The molecule has 0 N–H and O–H groups in total. The summed E-state index contributed by atoms with van der Waals surface area (Å²) in [4.78, 5) is 4.16. The van der Waals surface area contributed by atoms with Crippen LogP contribution in [-0.4, -0.2) is 29.5 Å². The Morgan fingerprint density at radius 3 is 3.05 bits per heavy atom. The predicted octanol–water partition coefficient (Wildman–Crippen LogP) is 2.57. The number of hydrogen-bond donors (Lipinski definition) is 0. The Morgan fingerprint density at radius 2 is 2.30 bits per heavy atom. The fourth-order valence-corrected chi connectivity index (χ4v) is 2.02. The first-order valence-corrected chi connectivity index (χ1v) is 6.37. The Labute approximate surface area is 114 Å². The lowest BCUT2D eigenvalue weighted by atomic mass is 10.2. The van der Waals surface area contributed by atoms with Crippen molar-refractivity contribution in [2.75, 3.05) is 13.2 Å². The van der Waals surface area contributed by atoms with Gasteiger partial charge in [-0.15, -0.1) is 0 Å². The van der Waals surface area contributed by atoms with Crippen LogP contribution in [0, 0.1) is 6.92 Å². The van der Waals surface area contributed by atoms with E-state index < -0.39 is 0 Å². The maximum Gasteiger partial charge on any atom is 0.238 e. The Bertz CT molecular complexity index is 757. The van der Waals surface area contributed by atoms with Crippen LogP contribution in [0.3, 0.4) is 0 Å². The van der Waals surface area contributed by atoms with Crippen molar-refractivity contribution in [2.45, 2.75) is 13.0 Å². The SMILES string of the molecule is Cc1nc(-c2cc3c(OCC4CO4)cccc3o2)no1. The molecule has 0 bridgehead atoms. The molecule has 6 heteroatoms. The van der Waals surface area contributed by atoms with Crippen LogP contribution < -0.4 is 4.74 Å². The van der Waals surface area contributed by atoms with E-state index in [0.29, 0.717) is 24.1 Å². The number of aromatic nitrogens is 2. The summed E-state index contributed by atoms with van der Waals surface area (Å²) in [5.74, 6) is 2.28. The fraction of sp³-hybridized carbons (Fsp3) is 0.286. The zero-order valence-corrected chi connectivity index (χ0v) is 10.8. The molecule has 0 radical (unpaired) electrons. The van der Waals surface area contributed by atoms with Gasteiger partial charge in [0, 0.05) is 6.92 Å². The first-order chi connectivity index (χ1) is 9.79. The van der Waals surface area contributed by atoms with Gasteiger partial charge in [-0.3, -0.25) is 0 Å². The van der Waals surface area contributed by atoms with Crippen molar-refractivity contribution in [3.8, 4) is 17.3 Å². The monoisotopic (exact) mass is 272 g/mol. The smallest absolute Gasteiger partial charge is 0.238 e. The number of hydrogen-bond acceptors (Lipinski definition) is 6. The van der Waals surface area contributed by atoms with Gasteiger partial charge in [-0.25, -0.2) is 0 Å². The molecule has 2 aromatic heterocycles. The van der Waals surface area contributed by atoms with Gasteiger partial charge in [0.1, 0.15) is 24.0 Å². The fourth-order valence-electron chi connectivity index (χ4n) is 2.02. The summed E-state index contributed by atoms with van der Waals surface area (Å²) in [6.07, 6.45) is 0.219. The van der Waals surface area contributed by atoms with Crippen LogP contribution in [0.25, 0.3) is 22.6 Å². The molecule has 0 spiro atoms. The standard InChI is InChI=1S/C14H12N2O4/c1-8-15-14(16-20-8)13-5-10-11(18-7-9-6-17-9)3-2-4-12(10)19-13/h2-5,9H,6-7H2,1H3. The molecule has 0 aliphatic carbocycles. The van der Waals surface area contributed by atoms with E-state index in [1.165, 1.54) is 0 Å². The normalized spacial score (nSPS) is 17.6. The van der Waals surface area contributed by atoms with Crippen molar-refractivity contribution in [3.63, 3.8) is 0 Å². The van der Waals surface area contributed by atoms with E-state index in [2.05, 4.69) is 10.1 Å². The van der Waals surface area contributed by atoms with E-state index in [0.717, 1.165) is 23.3 Å². The number of benzene rings is 1. The second kappa shape index (κ2) is 4.35. The molecule has 1 unspecified atom stereocenters. The summed E-state index contributed by atoms with van der Waals surface area (Å²) in [6.45, 7) is 3.07. The van der Waals surface area contributed by atoms with Crippen LogP contribution in [0.1, 0.15) is 5.89 Å².